The van der Waals surface area contributed by atoms with Crippen LogP contribution in [-0.4, -0.2) is 124 Å². The highest BCUT2D eigenvalue weighted by atomic mass is 32.1. The summed E-state index contributed by atoms with van der Waals surface area (Å²) in [4.78, 5) is 32.7. The van der Waals surface area contributed by atoms with E-state index >= 15 is 0 Å². The van der Waals surface area contributed by atoms with E-state index in [4.69, 9.17) is 34.9 Å². The van der Waals surface area contributed by atoms with Crippen LogP contribution in [0.4, 0.5) is 0 Å². The van der Waals surface area contributed by atoms with Gasteiger partial charge in [-0.3, -0.25) is 14.5 Å². The van der Waals surface area contributed by atoms with Gasteiger partial charge in [0.2, 0.25) is 0 Å². The van der Waals surface area contributed by atoms with Crippen molar-refractivity contribution in [2.45, 2.75) is 0 Å². The Hall–Kier alpha value is -3.90. The van der Waals surface area contributed by atoms with Crippen LogP contribution in [0.15, 0.2) is 24.3 Å². The fourth-order valence-electron chi connectivity index (χ4n) is 3.89. The van der Waals surface area contributed by atoms with Crippen LogP contribution in [-0.2, 0) is 4.74 Å². The molecular weight excluding hydrogens is 576 g/mol. The van der Waals surface area contributed by atoms with Gasteiger partial charge in [0.05, 0.1) is 0 Å². The molecule has 2 amide bonds. The maximum Gasteiger partial charge on any atom is 0.369 e. The first kappa shape index (κ1) is 31.6. The van der Waals surface area contributed by atoms with Crippen LogP contribution in [0.2, 0.25) is 0 Å². The third-order valence-corrected chi connectivity index (χ3v) is 6.83. The number of pyridine rings is 2. The number of ether oxygens (including phenoxy) is 1. The van der Waals surface area contributed by atoms with Crippen molar-refractivity contribution >= 4 is 48.0 Å². The summed E-state index contributed by atoms with van der Waals surface area (Å²) in [6.45, 7) is 2.72. The van der Waals surface area contributed by atoms with E-state index < -0.39 is 11.8 Å². The molecule has 0 spiro atoms. The highest BCUT2D eigenvalue weighted by molar-refractivity contribution is 7.71. The zero-order valence-electron chi connectivity index (χ0n) is 22.1. The summed E-state index contributed by atoms with van der Waals surface area (Å²) >= 11 is 10.4. The molecule has 2 aromatic heterocycles. The largest absolute Gasteiger partial charge is 0.460 e. The Bertz CT molecular complexity index is 1340. The highest BCUT2D eigenvalue weighted by Gasteiger charge is 2.20. The minimum Gasteiger partial charge on any atom is -0.460 e. The smallest absolute Gasteiger partial charge is 0.369 e. The van der Waals surface area contributed by atoms with Gasteiger partial charge in [-0.1, -0.05) is 24.4 Å². The van der Waals surface area contributed by atoms with Gasteiger partial charge >= 0.3 is 11.8 Å². The molecule has 0 aromatic carbocycles. The minimum absolute atomic E-state index is 0.115. The normalized spacial score (nSPS) is 17.0. The Balaban J connectivity index is 1.82. The fraction of sp³-hybridized carbons (Fsp3) is 0.417. The molecule has 15 nitrogen and oxygen atoms in total. The van der Waals surface area contributed by atoms with E-state index in [2.05, 4.69) is 20.6 Å². The number of aliphatic hydroxyl groups excluding tert-OH is 2. The van der Waals surface area contributed by atoms with Crippen molar-refractivity contribution in [1.29, 1.82) is 0 Å². The predicted molar refractivity (Wildman–Crippen MR) is 151 cm³/mol. The van der Waals surface area contributed by atoms with Crippen molar-refractivity contribution in [1.82, 2.24) is 25.0 Å². The van der Waals surface area contributed by atoms with Crippen molar-refractivity contribution in [3.05, 3.63) is 56.1 Å². The zero-order valence-corrected chi connectivity index (χ0v) is 23.8. The third-order valence-electron chi connectivity index (χ3n) is 6.04. The number of hydrogen-bond donors (Lipinski definition) is 9. The molecule has 6 heterocycles. The Kier molecular flexibility index (Phi) is 11.7. The van der Waals surface area contributed by atoms with Gasteiger partial charge in [0.15, 0.2) is 22.4 Å². The summed E-state index contributed by atoms with van der Waals surface area (Å²) in [5, 5.41) is 47.0. The second-order valence-corrected chi connectivity index (χ2v) is 9.58. The van der Waals surface area contributed by atoms with Gasteiger partial charge in [-0.15, -0.1) is 0 Å². The average molecular weight is 611 g/mol. The van der Waals surface area contributed by atoms with Crippen LogP contribution in [0, 0.1) is 9.28 Å². The number of nitrogens with zero attached hydrogens (tertiary/aromatic N) is 3. The Morgan fingerprint density at radius 3 is 1.68 bits per heavy atom. The maximum atomic E-state index is 12.7. The van der Waals surface area contributed by atoms with Gasteiger partial charge in [0.25, 0.3) is 11.8 Å². The SMILES string of the molecule is NCCN1CCNC(=O)c2ccc(c(=S)n2O)C(O)=[NH+]CCOCC[NH+]=C(O)c2ccc(n(O)c2=S)C(=O)NCC1. The molecule has 4 bridgehead atoms. The maximum absolute atomic E-state index is 12.7. The number of aliphatic hydroxyl groups is 2. The molecule has 4 aliphatic heterocycles. The van der Waals surface area contributed by atoms with Crippen LogP contribution in [0.25, 0.3) is 0 Å². The molecule has 0 atom stereocenters. The molecule has 0 radical (unpaired) electrons. The zero-order chi connectivity index (χ0) is 29.9. The third kappa shape index (κ3) is 8.30. The van der Waals surface area contributed by atoms with Gasteiger partial charge in [-0.05, 0) is 24.3 Å². The number of nitrogens with one attached hydrogen (secondary N) is 4. The van der Waals surface area contributed by atoms with Gasteiger partial charge in [0, 0.05) is 39.3 Å². The lowest BCUT2D eigenvalue weighted by atomic mass is 10.2. The van der Waals surface area contributed by atoms with Crippen LogP contribution in [0.1, 0.15) is 32.1 Å². The number of hydrogen-bond acceptors (Lipinski definition) is 9. The molecule has 0 aliphatic carbocycles. The molecule has 0 fully saturated rings. The number of amides is 2. The molecule has 41 heavy (non-hydrogen) atoms. The molecule has 4 aliphatic rings. The number of rotatable bonds is 2. The monoisotopic (exact) mass is 610 g/mol. The summed E-state index contributed by atoms with van der Waals surface area (Å²) in [6, 6.07) is 5.49. The quantitative estimate of drug-likeness (QED) is 0.120. The van der Waals surface area contributed by atoms with Gasteiger partial charge < -0.3 is 41.7 Å². The molecule has 0 unspecified atom stereocenters. The molecule has 2 aromatic rings. The van der Waals surface area contributed by atoms with E-state index in [1.807, 2.05) is 4.90 Å². The molecule has 0 saturated heterocycles. The van der Waals surface area contributed by atoms with E-state index in [1.165, 1.54) is 24.3 Å². The van der Waals surface area contributed by atoms with Crippen LogP contribution < -0.4 is 26.4 Å². The van der Waals surface area contributed by atoms with E-state index in [1.54, 1.807) is 0 Å². The van der Waals surface area contributed by atoms with Crippen molar-refractivity contribution < 1.29 is 44.9 Å². The molecule has 6 rings (SSSR count). The number of carbonyl (C=O) groups is 2. The minimum atomic E-state index is -0.582. The Morgan fingerprint density at radius 1 is 0.829 bits per heavy atom. The molecule has 0 saturated carbocycles. The topological polar surface area (TPSA) is 215 Å². The predicted octanol–water partition coefficient (Wildman–Crippen LogP) is -3.56. The van der Waals surface area contributed by atoms with E-state index in [9.17, 15) is 30.2 Å². The molecule has 17 heteroatoms. The van der Waals surface area contributed by atoms with E-state index in [0.29, 0.717) is 35.6 Å². The second kappa shape index (κ2) is 15.2. The van der Waals surface area contributed by atoms with Crippen molar-refractivity contribution in [3.63, 3.8) is 0 Å². The van der Waals surface area contributed by atoms with Crippen molar-refractivity contribution in [3.8, 4) is 0 Å². The van der Waals surface area contributed by atoms with Crippen LogP contribution >= 0.6 is 24.4 Å². The van der Waals surface area contributed by atoms with Gasteiger partial charge in [-0.2, -0.15) is 9.46 Å². The lowest BCUT2D eigenvalue weighted by Gasteiger charge is -2.22. The summed E-state index contributed by atoms with van der Waals surface area (Å²) < 4.78 is 6.17. The Morgan fingerprint density at radius 2 is 1.27 bits per heavy atom. The first-order chi connectivity index (χ1) is 19.6. The molecular formula is C24H34N8O7S2+2. The number of nitrogens with two attached hydrogens (primary N) is 1. The molecule has 10 N–H and O–H groups in total. The Labute approximate surface area is 245 Å². The summed E-state index contributed by atoms with van der Waals surface area (Å²) in [5.41, 5.74) is 5.70. The lowest BCUT2D eigenvalue weighted by molar-refractivity contribution is -0.479. The van der Waals surface area contributed by atoms with Crippen LogP contribution in [0.3, 0.4) is 0 Å². The lowest BCUT2D eigenvalue weighted by Crippen LogP contribution is -2.75. The number of carbonyl (C=O) groups excluding carboxylic acids is 2. The second-order valence-electron chi connectivity index (χ2n) is 8.80. The summed E-state index contributed by atoms with van der Waals surface area (Å²) in [5.74, 6) is -1.77. The average Bonchev–Trinajstić information content (AvgIpc) is 2.94. The van der Waals surface area contributed by atoms with Crippen molar-refractivity contribution in [2.24, 2.45) is 5.73 Å². The van der Waals surface area contributed by atoms with Gasteiger partial charge in [-0.25, -0.2) is 9.98 Å². The standard InChI is InChI=1S/C24H32N8O7S2/c25-5-10-30-11-6-26-21(35)17-3-1-15(23(40)31(17)37)19(33)28-8-13-39-14-9-29-20(34)16-2-4-18(32(38)24(16)41)22(36)27-7-12-30/h1-4,37-38H,5-14,25H2,(H,26,35)(H,27,36)(H,28,33)(H,29,34)/p+2. The van der Waals surface area contributed by atoms with E-state index in [0.717, 1.165) is 0 Å². The van der Waals surface area contributed by atoms with Crippen LogP contribution in [0.5, 0.6) is 0 Å². The fourth-order valence-corrected chi connectivity index (χ4v) is 4.42. The van der Waals surface area contributed by atoms with Crippen molar-refractivity contribution in [2.75, 3.05) is 65.6 Å². The highest BCUT2D eigenvalue weighted by Crippen LogP contribution is 2.08. The van der Waals surface area contributed by atoms with E-state index in [-0.39, 0.29) is 83.0 Å². The first-order valence-electron chi connectivity index (χ1n) is 12.7. The summed E-state index contributed by atoms with van der Waals surface area (Å²) in [7, 11) is 0. The first-order valence-corrected chi connectivity index (χ1v) is 13.5. The summed E-state index contributed by atoms with van der Waals surface area (Å²) in [6.07, 6.45) is 0. The molecule has 222 valence electrons. The number of aromatic nitrogens is 2. The van der Waals surface area contributed by atoms with Gasteiger partial charge in [0.1, 0.15) is 35.7 Å².